The molecule has 1 N–H and O–H groups in total. The van der Waals surface area contributed by atoms with Crippen LogP contribution in [0.5, 0.6) is 0 Å². The van der Waals surface area contributed by atoms with Gasteiger partial charge in [0.1, 0.15) is 17.5 Å². The van der Waals surface area contributed by atoms with E-state index in [9.17, 15) is 13.6 Å². The monoisotopic (exact) mass is 433 g/mol. The molecule has 1 aromatic carbocycles. The van der Waals surface area contributed by atoms with Gasteiger partial charge in [0, 0.05) is 50.8 Å². The summed E-state index contributed by atoms with van der Waals surface area (Å²) >= 11 is 0. The summed E-state index contributed by atoms with van der Waals surface area (Å²) < 4.78 is 34.7. The predicted molar refractivity (Wildman–Crippen MR) is 110 cm³/mol. The van der Waals surface area contributed by atoms with Crippen LogP contribution in [-0.2, 0) is 29.0 Å². The lowest BCUT2D eigenvalue weighted by atomic mass is 10.0. The van der Waals surface area contributed by atoms with Crippen LogP contribution in [0, 0.1) is 23.5 Å². The minimum Gasteiger partial charge on any atom is -0.381 e. The summed E-state index contributed by atoms with van der Waals surface area (Å²) in [6.45, 7) is 7.63. The summed E-state index contributed by atoms with van der Waals surface area (Å²) in [5.41, 5.74) is 0.477. The molecule has 2 atom stereocenters. The molecule has 1 aromatic heterocycles. The van der Waals surface area contributed by atoms with E-state index in [0.717, 1.165) is 24.1 Å². The number of hydrogen-bond acceptors (Lipinski definition) is 5. The second-order valence-corrected chi connectivity index (χ2v) is 8.68. The van der Waals surface area contributed by atoms with Gasteiger partial charge in [-0.1, -0.05) is 19.9 Å². The molecule has 2 aliphatic heterocycles. The Balaban J connectivity index is 1.46. The van der Waals surface area contributed by atoms with Crippen molar-refractivity contribution in [2.45, 2.75) is 45.8 Å². The number of ether oxygens (including phenoxy) is 1. The minimum absolute atomic E-state index is 0.00409. The average molecular weight is 434 g/mol. The van der Waals surface area contributed by atoms with E-state index in [1.807, 2.05) is 0 Å². The van der Waals surface area contributed by atoms with Crippen LogP contribution in [0.2, 0.25) is 0 Å². The Morgan fingerprint density at radius 3 is 2.81 bits per heavy atom. The Morgan fingerprint density at radius 2 is 2.10 bits per heavy atom. The quantitative estimate of drug-likeness (QED) is 0.758. The molecule has 0 radical (unpaired) electrons. The zero-order valence-corrected chi connectivity index (χ0v) is 18.0. The first-order valence-electron chi connectivity index (χ1n) is 10.9. The van der Waals surface area contributed by atoms with Gasteiger partial charge in [-0.25, -0.2) is 8.78 Å². The van der Waals surface area contributed by atoms with Crippen LogP contribution in [0.25, 0.3) is 0 Å². The molecule has 0 saturated carbocycles. The number of hydrogen-bond donors (Lipinski definition) is 1. The summed E-state index contributed by atoms with van der Waals surface area (Å²) in [6.07, 6.45) is 1.41. The maximum Gasteiger partial charge on any atom is 0.226 e. The molecular weight excluding hydrogens is 404 g/mol. The third kappa shape index (κ3) is 4.93. The van der Waals surface area contributed by atoms with E-state index in [0.29, 0.717) is 51.4 Å². The van der Waals surface area contributed by atoms with Gasteiger partial charge in [-0.15, -0.1) is 10.2 Å². The average Bonchev–Trinajstić information content (AvgIpc) is 3.36. The lowest BCUT2D eigenvalue weighted by Gasteiger charge is -2.24. The fourth-order valence-corrected chi connectivity index (χ4v) is 4.21. The summed E-state index contributed by atoms with van der Waals surface area (Å²) in [4.78, 5) is 14.8. The van der Waals surface area contributed by atoms with Crippen LogP contribution in [0.15, 0.2) is 18.2 Å². The number of aromatic nitrogens is 3. The van der Waals surface area contributed by atoms with Crippen LogP contribution in [0.1, 0.15) is 43.5 Å². The Hall–Kier alpha value is -2.39. The third-order valence-corrected chi connectivity index (χ3v) is 6.10. The van der Waals surface area contributed by atoms with Gasteiger partial charge in [0.2, 0.25) is 5.91 Å². The maximum atomic E-state index is 14.1. The highest BCUT2D eigenvalue weighted by atomic mass is 19.1. The van der Waals surface area contributed by atoms with Crippen molar-refractivity contribution in [1.29, 1.82) is 0 Å². The van der Waals surface area contributed by atoms with Crippen molar-refractivity contribution in [2.75, 3.05) is 26.3 Å². The fraction of sp³-hybridized carbons (Fsp3) is 0.591. The first-order valence-corrected chi connectivity index (χ1v) is 10.9. The number of rotatable bonds is 6. The molecular formula is C22H29F2N5O2. The third-order valence-electron chi connectivity index (χ3n) is 6.10. The second kappa shape index (κ2) is 9.40. The molecule has 168 valence electrons. The standard InChI is InChI=1S/C22H29F2N5O2/c1-14(2)20(25-22(30)16-6-10-31-13-16)21-27-26-19-5-7-28(8-9-29(19)21)12-15-3-4-17(23)11-18(15)24/h3-4,11,14,16,20H,5-10,12-13H2,1-2H3,(H,25,30)/t16-,20-/m0/s1. The molecule has 0 bridgehead atoms. The van der Waals surface area contributed by atoms with E-state index in [1.54, 1.807) is 0 Å². The topological polar surface area (TPSA) is 72.3 Å². The summed E-state index contributed by atoms with van der Waals surface area (Å²) in [6, 6.07) is 3.47. The lowest BCUT2D eigenvalue weighted by Crippen LogP contribution is -2.38. The van der Waals surface area contributed by atoms with Crippen molar-refractivity contribution < 1.29 is 18.3 Å². The Morgan fingerprint density at radius 1 is 1.26 bits per heavy atom. The summed E-state index contributed by atoms with van der Waals surface area (Å²) in [5, 5.41) is 12.0. The van der Waals surface area contributed by atoms with Crippen LogP contribution >= 0.6 is 0 Å². The van der Waals surface area contributed by atoms with Crippen LogP contribution in [-0.4, -0.2) is 51.9 Å². The zero-order valence-electron chi connectivity index (χ0n) is 18.0. The fourth-order valence-electron chi connectivity index (χ4n) is 4.21. The predicted octanol–water partition coefficient (Wildman–Crippen LogP) is 2.46. The van der Waals surface area contributed by atoms with Gasteiger partial charge in [-0.2, -0.15) is 0 Å². The highest BCUT2D eigenvalue weighted by Gasteiger charge is 2.31. The van der Waals surface area contributed by atoms with Crippen LogP contribution < -0.4 is 5.32 Å². The number of nitrogens with one attached hydrogen (secondary N) is 1. The summed E-state index contributed by atoms with van der Waals surface area (Å²) in [7, 11) is 0. The first kappa shape index (κ1) is 21.8. The zero-order chi connectivity index (χ0) is 22.0. The molecule has 1 amide bonds. The Kier molecular flexibility index (Phi) is 6.62. The SMILES string of the molecule is CC(C)[C@H](NC(=O)[C@H]1CCOC1)c1nnc2n1CCN(Cc1ccc(F)cc1F)CC2. The highest BCUT2D eigenvalue weighted by Crippen LogP contribution is 2.24. The summed E-state index contributed by atoms with van der Waals surface area (Å²) in [5.74, 6) is 0.548. The largest absolute Gasteiger partial charge is 0.381 e. The molecule has 0 spiro atoms. The van der Waals surface area contributed by atoms with Crippen LogP contribution in [0.4, 0.5) is 8.78 Å². The molecule has 0 unspecified atom stereocenters. The van der Waals surface area contributed by atoms with E-state index in [-0.39, 0.29) is 23.8 Å². The van der Waals surface area contributed by atoms with Crippen molar-refractivity contribution in [3.63, 3.8) is 0 Å². The molecule has 2 aromatic rings. The Bertz CT molecular complexity index is 927. The number of halogens is 2. The van der Waals surface area contributed by atoms with E-state index >= 15 is 0 Å². The van der Waals surface area contributed by atoms with Crippen molar-refractivity contribution in [3.8, 4) is 0 Å². The van der Waals surface area contributed by atoms with Gasteiger partial charge in [0.15, 0.2) is 5.82 Å². The maximum absolute atomic E-state index is 14.1. The number of carbonyl (C=O) groups is 1. The van der Waals surface area contributed by atoms with Gasteiger partial charge in [-0.3, -0.25) is 9.69 Å². The van der Waals surface area contributed by atoms with Crippen LogP contribution in [0.3, 0.4) is 0 Å². The molecule has 9 heteroatoms. The molecule has 2 aliphatic rings. The van der Waals surface area contributed by atoms with E-state index < -0.39 is 11.6 Å². The van der Waals surface area contributed by atoms with Gasteiger partial charge in [-0.05, 0) is 18.4 Å². The number of amides is 1. The van der Waals surface area contributed by atoms with E-state index in [2.05, 4.69) is 38.8 Å². The molecule has 3 heterocycles. The number of fused-ring (bicyclic) bond motifs is 1. The van der Waals surface area contributed by atoms with Gasteiger partial charge in [0.25, 0.3) is 0 Å². The minimum atomic E-state index is -0.570. The second-order valence-electron chi connectivity index (χ2n) is 8.68. The van der Waals surface area contributed by atoms with Crippen molar-refractivity contribution in [3.05, 3.63) is 47.0 Å². The number of benzene rings is 1. The number of nitrogens with zero attached hydrogens (tertiary/aromatic N) is 4. The van der Waals surface area contributed by atoms with Gasteiger partial charge >= 0.3 is 0 Å². The van der Waals surface area contributed by atoms with Crippen molar-refractivity contribution in [1.82, 2.24) is 25.0 Å². The molecule has 4 rings (SSSR count). The molecule has 1 saturated heterocycles. The molecule has 31 heavy (non-hydrogen) atoms. The van der Waals surface area contributed by atoms with Gasteiger partial charge < -0.3 is 14.6 Å². The number of carbonyl (C=O) groups excluding carboxylic acids is 1. The Labute approximate surface area is 180 Å². The lowest BCUT2D eigenvalue weighted by molar-refractivity contribution is -0.126. The molecule has 0 aliphatic carbocycles. The normalized spacial score (nSPS) is 20.5. The van der Waals surface area contributed by atoms with E-state index in [4.69, 9.17) is 4.74 Å². The van der Waals surface area contributed by atoms with Crippen molar-refractivity contribution in [2.24, 2.45) is 11.8 Å². The molecule has 7 nitrogen and oxygen atoms in total. The first-order chi connectivity index (χ1) is 14.9. The van der Waals surface area contributed by atoms with Gasteiger partial charge in [0.05, 0.1) is 18.6 Å². The van der Waals surface area contributed by atoms with Crippen molar-refractivity contribution >= 4 is 5.91 Å². The smallest absolute Gasteiger partial charge is 0.226 e. The molecule has 1 fully saturated rings. The highest BCUT2D eigenvalue weighted by molar-refractivity contribution is 5.79. The van der Waals surface area contributed by atoms with E-state index in [1.165, 1.54) is 12.1 Å².